The number of nitrogens with zero attached hydrogens (tertiary/aromatic N) is 2. The van der Waals surface area contributed by atoms with E-state index in [1.54, 1.807) is 6.92 Å². The summed E-state index contributed by atoms with van der Waals surface area (Å²) in [6.45, 7) is 2.35. The average molecular weight is 247 g/mol. The Kier molecular flexibility index (Phi) is 5.02. The predicted octanol–water partition coefficient (Wildman–Crippen LogP) is 0.892. The molecule has 0 spiro atoms. The molecule has 0 saturated heterocycles. The fraction of sp³-hybridized carbons (Fsp3) is 0.600. The van der Waals surface area contributed by atoms with Crippen LogP contribution in [0.5, 0.6) is 0 Å². The summed E-state index contributed by atoms with van der Waals surface area (Å²) in [4.78, 5) is 11.4. The van der Waals surface area contributed by atoms with Crippen LogP contribution in [0.2, 0.25) is 0 Å². The lowest BCUT2D eigenvalue weighted by Crippen LogP contribution is -2.31. The van der Waals surface area contributed by atoms with Gasteiger partial charge in [-0.1, -0.05) is 0 Å². The number of aromatic nitrogens is 2. The van der Waals surface area contributed by atoms with E-state index in [2.05, 4.69) is 10.4 Å². The summed E-state index contributed by atoms with van der Waals surface area (Å²) in [5, 5.41) is 6.24. The van der Waals surface area contributed by atoms with Crippen LogP contribution in [-0.4, -0.2) is 35.9 Å². The first-order chi connectivity index (χ1) is 8.04. The van der Waals surface area contributed by atoms with Crippen molar-refractivity contribution in [2.75, 3.05) is 20.3 Å². The van der Waals surface area contributed by atoms with E-state index < -0.39 is 6.43 Å². The van der Waals surface area contributed by atoms with Gasteiger partial charge in [0.25, 0.3) is 6.43 Å². The van der Waals surface area contributed by atoms with E-state index in [1.807, 2.05) is 0 Å². The van der Waals surface area contributed by atoms with Crippen molar-refractivity contribution in [1.29, 1.82) is 0 Å². The van der Waals surface area contributed by atoms with Crippen LogP contribution in [-0.2, 0) is 16.1 Å². The monoisotopic (exact) mass is 247 g/mol. The maximum atomic E-state index is 12.4. The van der Waals surface area contributed by atoms with Crippen LogP contribution in [0.25, 0.3) is 0 Å². The number of amides is 1. The Balaban J connectivity index is 2.53. The third kappa shape index (κ3) is 4.10. The molecule has 1 heterocycles. The molecule has 96 valence electrons. The van der Waals surface area contributed by atoms with Gasteiger partial charge in [0.15, 0.2) is 0 Å². The van der Waals surface area contributed by atoms with Gasteiger partial charge in [-0.25, -0.2) is 8.78 Å². The fourth-order valence-electron chi connectivity index (χ4n) is 1.29. The zero-order chi connectivity index (χ0) is 12.8. The van der Waals surface area contributed by atoms with Crippen molar-refractivity contribution in [3.05, 3.63) is 17.5 Å². The summed E-state index contributed by atoms with van der Waals surface area (Å²) < 4.78 is 30.7. The van der Waals surface area contributed by atoms with Gasteiger partial charge in [0.2, 0.25) is 5.91 Å². The van der Waals surface area contributed by atoms with Crippen LogP contribution < -0.4 is 5.32 Å². The number of ether oxygens (including phenoxy) is 1. The molecule has 1 rings (SSSR count). The molecule has 1 N–H and O–H groups in total. The number of alkyl halides is 2. The van der Waals surface area contributed by atoms with Crippen molar-refractivity contribution in [3.63, 3.8) is 0 Å². The zero-order valence-corrected chi connectivity index (χ0v) is 9.74. The standard InChI is InChI=1S/C10H15F2N3O2/c1-7-5-8(10(11)12)14-15(7)6-9(16)13-3-4-17-2/h5,10H,3-4,6H2,1-2H3,(H,13,16). The number of hydrogen-bond acceptors (Lipinski definition) is 3. The van der Waals surface area contributed by atoms with Crippen molar-refractivity contribution in [2.24, 2.45) is 0 Å². The lowest BCUT2D eigenvalue weighted by Gasteiger charge is -2.05. The molecule has 7 heteroatoms. The summed E-state index contributed by atoms with van der Waals surface area (Å²) in [5.74, 6) is -0.283. The number of aryl methyl sites for hydroxylation is 1. The third-order valence-corrected chi connectivity index (χ3v) is 2.15. The van der Waals surface area contributed by atoms with Gasteiger partial charge < -0.3 is 10.1 Å². The maximum absolute atomic E-state index is 12.4. The first kappa shape index (κ1) is 13.6. The number of rotatable bonds is 6. The Morgan fingerprint density at radius 1 is 1.65 bits per heavy atom. The molecule has 0 saturated carbocycles. The van der Waals surface area contributed by atoms with Gasteiger partial charge in [-0.15, -0.1) is 0 Å². The molecule has 17 heavy (non-hydrogen) atoms. The second kappa shape index (κ2) is 6.29. The highest BCUT2D eigenvalue weighted by Crippen LogP contribution is 2.17. The van der Waals surface area contributed by atoms with Gasteiger partial charge >= 0.3 is 0 Å². The number of hydrogen-bond donors (Lipinski definition) is 1. The van der Waals surface area contributed by atoms with E-state index in [0.29, 0.717) is 18.8 Å². The smallest absolute Gasteiger partial charge is 0.282 e. The van der Waals surface area contributed by atoms with Crippen LogP contribution in [0.4, 0.5) is 8.78 Å². The van der Waals surface area contributed by atoms with E-state index in [-0.39, 0.29) is 18.1 Å². The maximum Gasteiger partial charge on any atom is 0.282 e. The molecule has 0 radical (unpaired) electrons. The van der Waals surface area contributed by atoms with E-state index >= 15 is 0 Å². The first-order valence-electron chi connectivity index (χ1n) is 5.12. The largest absolute Gasteiger partial charge is 0.383 e. The minimum Gasteiger partial charge on any atom is -0.383 e. The molecular formula is C10H15F2N3O2. The summed E-state index contributed by atoms with van der Waals surface area (Å²) in [5.41, 5.74) is 0.217. The Hall–Kier alpha value is -1.50. The van der Waals surface area contributed by atoms with Gasteiger partial charge in [-0.3, -0.25) is 9.48 Å². The first-order valence-corrected chi connectivity index (χ1v) is 5.12. The molecular weight excluding hydrogens is 232 g/mol. The normalized spacial score (nSPS) is 10.9. The minimum atomic E-state index is -2.62. The quantitative estimate of drug-likeness (QED) is 0.760. The second-order valence-corrected chi connectivity index (χ2v) is 3.51. The molecule has 0 atom stereocenters. The Labute approximate surface area is 97.7 Å². The van der Waals surface area contributed by atoms with E-state index in [1.165, 1.54) is 17.9 Å². The van der Waals surface area contributed by atoms with Crippen LogP contribution in [0.1, 0.15) is 17.8 Å². The number of carbonyl (C=O) groups is 1. The Morgan fingerprint density at radius 3 is 2.88 bits per heavy atom. The van der Waals surface area contributed by atoms with Crippen molar-refractivity contribution in [1.82, 2.24) is 15.1 Å². The van der Waals surface area contributed by atoms with Crippen LogP contribution in [0.3, 0.4) is 0 Å². The predicted molar refractivity (Wildman–Crippen MR) is 56.8 cm³/mol. The summed E-state index contributed by atoms with van der Waals surface area (Å²) in [6, 6.07) is 1.27. The highest BCUT2D eigenvalue weighted by atomic mass is 19.3. The third-order valence-electron chi connectivity index (χ3n) is 2.15. The molecule has 0 aliphatic carbocycles. The van der Waals surface area contributed by atoms with Crippen molar-refractivity contribution in [3.8, 4) is 0 Å². The summed E-state index contributed by atoms with van der Waals surface area (Å²) >= 11 is 0. The van der Waals surface area contributed by atoms with Gasteiger partial charge in [0, 0.05) is 19.3 Å². The van der Waals surface area contributed by atoms with Crippen molar-refractivity contribution < 1.29 is 18.3 Å². The molecule has 0 unspecified atom stereocenters. The van der Waals surface area contributed by atoms with E-state index in [4.69, 9.17) is 4.74 Å². The van der Waals surface area contributed by atoms with Gasteiger partial charge in [-0.05, 0) is 13.0 Å². The van der Waals surface area contributed by atoms with Crippen LogP contribution in [0.15, 0.2) is 6.07 Å². The van der Waals surface area contributed by atoms with Crippen LogP contribution >= 0.6 is 0 Å². The van der Waals surface area contributed by atoms with Gasteiger partial charge in [-0.2, -0.15) is 5.10 Å². The molecule has 0 fully saturated rings. The Bertz CT molecular complexity index is 380. The van der Waals surface area contributed by atoms with E-state index in [0.717, 1.165) is 0 Å². The second-order valence-electron chi connectivity index (χ2n) is 3.51. The minimum absolute atomic E-state index is 0.0672. The lowest BCUT2D eigenvalue weighted by atomic mass is 10.4. The highest BCUT2D eigenvalue weighted by Gasteiger charge is 2.14. The topological polar surface area (TPSA) is 56.1 Å². The average Bonchev–Trinajstić information content (AvgIpc) is 2.61. The SMILES string of the molecule is COCCNC(=O)Cn1nc(C(F)F)cc1C. The summed E-state index contributed by atoms with van der Waals surface area (Å²) in [7, 11) is 1.53. The van der Waals surface area contributed by atoms with E-state index in [9.17, 15) is 13.6 Å². The van der Waals surface area contributed by atoms with Gasteiger partial charge in [0.1, 0.15) is 12.2 Å². The number of carbonyl (C=O) groups excluding carboxylic acids is 1. The molecule has 1 aromatic heterocycles. The summed E-state index contributed by atoms with van der Waals surface area (Å²) in [6.07, 6.45) is -2.62. The number of halogens is 2. The molecule has 1 aromatic rings. The molecule has 1 amide bonds. The molecule has 0 aliphatic heterocycles. The molecule has 5 nitrogen and oxygen atoms in total. The highest BCUT2D eigenvalue weighted by molar-refractivity contribution is 5.75. The molecule has 0 aromatic carbocycles. The van der Waals surface area contributed by atoms with Gasteiger partial charge in [0.05, 0.1) is 6.61 Å². The van der Waals surface area contributed by atoms with Crippen LogP contribution in [0, 0.1) is 6.92 Å². The lowest BCUT2D eigenvalue weighted by molar-refractivity contribution is -0.122. The Morgan fingerprint density at radius 2 is 2.35 bits per heavy atom. The number of methoxy groups -OCH3 is 1. The molecule has 0 aliphatic rings. The molecule has 0 bridgehead atoms. The number of nitrogens with one attached hydrogen (secondary N) is 1. The van der Waals surface area contributed by atoms with Crippen molar-refractivity contribution >= 4 is 5.91 Å². The fourth-order valence-corrected chi connectivity index (χ4v) is 1.29. The zero-order valence-electron chi connectivity index (χ0n) is 9.74. The van der Waals surface area contributed by atoms with Crippen molar-refractivity contribution in [2.45, 2.75) is 19.9 Å².